The number of halogens is 4. The van der Waals surface area contributed by atoms with Gasteiger partial charge in [0.25, 0.3) is 0 Å². The highest BCUT2D eigenvalue weighted by atomic mass is 35.5. The van der Waals surface area contributed by atoms with Gasteiger partial charge in [-0.3, -0.25) is 0 Å². The predicted octanol–water partition coefficient (Wildman–Crippen LogP) is 8.08. The Labute approximate surface area is 198 Å². The van der Waals surface area contributed by atoms with E-state index in [9.17, 15) is 8.78 Å². The van der Waals surface area contributed by atoms with E-state index < -0.39 is 16.7 Å². The molecule has 3 aromatic rings. The molecule has 1 aliphatic rings. The first kappa shape index (κ1) is 24.1. The van der Waals surface area contributed by atoms with Gasteiger partial charge in [-0.25, -0.2) is 13.2 Å². The van der Waals surface area contributed by atoms with Gasteiger partial charge in [-0.15, -0.1) is 0 Å². The standard InChI is InChI=1S/C28H30ClF3O/c1-33-17-20-6-3-18(4-7-20)2-5-19-9-13-24-23(14-19)12-11-22(28(24)32)10-8-21-15-25(30)27(29)26(31)16-21/h9,11-16,18,20H,2-8,10,17H2,1H3. The molecule has 0 radical (unpaired) electrons. The Hall–Kier alpha value is -2.04. The third-order valence-corrected chi connectivity index (χ3v) is 7.40. The molecule has 4 rings (SSSR count). The van der Waals surface area contributed by atoms with Crippen LogP contribution in [0.2, 0.25) is 5.02 Å². The second-order valence-electron chi connectivity index (χ2n) is 9.35. The van der Waals surface area contributed by atoms with Gasteiger partial charge < -0.3 is 4.74 Å². The number of ether oxygens (including phenoxy) is 1. The Morgan fingerprint density at radius 3 is 2.21 bits per heavy atom. The van der Waals surface area contributed by atoms with Crippen LogP contribution in [0.5, 0.6) is 0 Å². The van der Waals surface area contributed by atoms with Crippen molar-refractivity contribution in [2.45, 2.75) is 51.4 Å². The van der Waals surface area contributed by atoms with Crippen LogP contribution in [0.1, 0.15) is 48.8 Å². The Kier molecular flexibility index (Phi) is 7.98. The first-order valence-corrected chi connectivity index (χ1v) is 12.1. The normalized spacial score (nSPS) is 18.7. The van der Waals surface area contributed by atoms with Crippen LogP contribution in [0.3, 0.4) is 0 Å². The van der Waals surface area contributed by atoms with Gasteiger partial charge in [0.1, 0.15) is 22.5 Å². The van der Waals surface area contributed by atoms with Gasteiger partial charge in [0.05, 0.1) is 0 Å². The molecule has 0 N–H and O–H groups in total. The van der Waals surface area contributed by atoms with Crippen molar-refractivity contribution in [1.29, 1.82) is 0 Å². The maximum atomic E-state index is 15.1. The van der Waals surface area contributed by atoms with Gasteiger partial charge in [0.15, 0.2) is 0 Å². The zero-order valence-corrected chi connectivity index (χ0v) is 19.7. The number of fused-ring (bicyclic) bond motifs is 1. The molecule has 33 heavy (non-hydrogen) atoms. The van der Waals surface area contributed by atoms with Crippen molar-refractivity contribution in [2.75, 3.05) is 13.7 Å². The lowest BCUT2D eigenvalue weighted by atomic mass is 9.80. The van der Waals surface area contributed by atoms with Crippen molar-refractivity contribution in [3.05, 3.63) is 81.6 Å². The summed E-state index contributed by atoms with van der Waals surface area (Å²) in [6.45, 7) is 0.873. The van der Waals surface area contributed by atoms with Crippen molar-refractivity contribution in [3.63, 3.8) is 0 Å². The topological polar surface area (TPSA) is 9.23 Å². The molecule has 0 spiro atoms. The highest BCUT2D eigenvalue weighted by Gasteiger charge is 2.21. The van der Waals surface area contributed by atoms with E-state index in [-0.39, 0.29) is 5.82 Å². The molecule has 0 aliphatic heterocycles. The minimum absolute atomic E-state index is 0.259. The SMILES string of the molecule is COCC1CCC(CCc2ccc3c(F)c(CCc4cc(F)c(Cl)c(F)c4)ccc3c2)CC1. The van der Waals surface area contributed by atoms with Crippen LogP contribution in [0.15, 0.2) is 42.5 Å². The molecule has 1 saturated carbocycles. The largest absolute Gasteiger partial charge is 0.384 e. The van der Waals surface area contributed by atoms with Gasteiger partial charge in [-0.2, -0.15) is 0 Å². The van der Waals surface area contributed by atoms with Crippen molar-refractivity contribution in [2.24, 2.45) is 11.8 Å². The summed E-state index contributed by atoms with van der Waals surface area (Å²) in [5, 5.41) is 0.969. The average molecular weight is 475 g/mol. The van der Waals surface area contributed by atoms with Gasteiger partial charge in [0, 0.05) is 19.1 Å². The monoisotopic (exact) mass is 474 g/mol. The summed E-state index contributed by atoms with van der Waals surface area (Å²) < 4.78 is 47.8. The van der Waals surface area contributed by atoms with E-state index in [4.69, 9.17) is 16.3 Å². The lowest BCUT2D eigenvalue weighted by molar-refractivity contribution is 0.117. The van der Waals surface area contributed by atoms with E-state index >= 15 is 4.39 Å². The molecule has 176 valence electrons. The fourth-order valence-corrected chi connectivity index (χ4v) is 5.17. The summed E-state index contributed by atoms with van der Waals surface area (Å²) in [7, 11) is 1.78. The number of hydrogen-bond acceptors (Lipinski definition) is 1. The van der Waals surface area contributed by atoms with Crippen LogP contribution >= 0.6 is 11.6 Å². The molecule has 5 heteroatoms. The van der Waals surface area contributed by atoms with Gasteiger partial charge in [-0.1, -0.05) is 54.8 Å². The first-order chi connectivity index (χ1) is 15.9. The zero-order valence-electron chi connectivity index (χ0n) is 19.0. The van der Waals surface area contributed by atoms with Crippen LogP contribution < -0.4 is 0 Å². The zero-order chi connectivity index (χ0) is 23.4. The predicted molar refractivity (Wildman–Crippen MR) is 128 cm³/mol. The summed E-state index contributed by atoms with van der Waals surface area (Å²) in [6.07, 6.45) is 7.89. The van der Waals surface area contributed by atoms with Crippen LogP contribution in [0.4, 0.5) is 13.2 Å². The molecule has 0 aromatic heterocycles. The molecule has 0 heterocycles. The van der Waals surface area contributed by atoms with E-state index in [1.807, 2.05) is 18.2 Å². The third-order valence-electron chi connectivity index (χ3n) is 7.04. The lowest BCUT2D eigenvalue weighted by Crippen LogP contribution is -2.18. The van der Waals surface area contributed by atoms with Gasteiger partial charge in [0.2, 0.25) is 0 Å². The van der Waals surface area contributed by atoms with Crippen molar-refractivity contribution in [1.82, 2.24) is 0 Å². The minimum Gasteiger partial charge on any atom is -0.384 e. The highest BCUT2D eigenvalue weighted by Crippen LogP contribution is 2.32. The average Bonchev–Trinajstić information content (AvgIpc) is 2.82. The van der Waals surface area contributed by atoms with Crippen LogP contribution in [-0.4, -0.2) is 13.7 Å². The van der Waals surface area contributed by atoms with Crippen LogP contribution in [0.25, 0.3) is 10.8 Å². The number of aryl methyl sites for hydroxylation is 3. The van der Waals surface area contributed by atoms with Crippen molar-refractivity contribution in [3.8, 4) is 0 Å². The molecule has 3 aromatic carbocycles. The smallest absolute Gasteiger partial charge is 0.145 e. The molecule has 0 saturated heterocycles. The van der Waals surface area contributed by atoms with E-state index in [1.165, 1.54) is 49.8 Å². The molecule has 1 fully saturated rings. The van der Waals surface area contributed by atoms with Crippen molar-refractivity contribution < 1.29 is 17.9 Å². The maximum Gasteiger partial charge on any atom is 0.145 e. The maximum absolute atomic E-state index is 15.1. The summed E-state index contributed by atoms with van der Waals surface area (Å²) in [6, 6.07) is 12.1. The van der Waals surface area contributed by atoms with E-state index in [1.54, 1.807) is 13.2 Å². The Morgan fingerprint density at radius 1 is 0.818 bits per heavy atom. The fraction of sp³-hybridized carbons (Fsp3) is 0.429. The number of hydrogen-bond donors (Lipinski definition) is 0. The summed E-state index contributed by atoms with van der Waals surface area (Å²) >= 11 is 5.54. The molecule has 0 atom stereocenters. The Bertz CT molecular complexity index is 1080. The number of methoxy groups -OCH3 is 1. The molecule has 0 bridgehead atoms. The molecular formula is C28H30ClF3O. The summed E-state index contributed by atoms with van der Waals surface area (Å²) in [4.78, 5) is 0. The second kappa shape index (κ2) is 10.9. The molecular weight excluding hydrogens is 445 g/mol. The van der Waals surface area contributed by atoms with Crippen molar-refractivity contribution >= 4 is 22.4 Å². The number of benzene rings is 3. The van der Waals surface area contributed by atoms with Crippen LogP contribution in [-0.2, 0) is 24.0 Å². The quantitative estimate of drug-likeness (QED) is 0.300. The molecule has 1 nitrogen and oxygen atoms in total. The molecule has 0 unspecified atom stereocenters. The van der Waals surface area contributed by atoms with Gasteiger partial charge >= 0.3 is 0 Å². The summed E-state index contributed by atoms with van der Waals surface area (Å²) in [5.41, 5.74) is 2.24. The van der Waals surface area contributed by atoms with Crippen LogP contribution in [0, 0.1) is 29.3 Å². The second-order valence-corrected chi connectivity index (χ2v) is 9.73. The highest BCUT2D eigenvalue weighted by molar-refractivity contribution is 6.30. The van der Waals surface area contributed by atoms with E-state index in [0.29, 0.717) is 35.3 Å². The summed E-state index contributed by atoms with van der Waals surface area (Å²) in [5.74, 6) is -0.370. The van der Waals surface area contributed by atoms with E-state index in [2.05, 4.69) is 6.07 Å². The fourth-order valence-electron chi connectivity index (χ4n) is 5.06. The minimum atomic E-state index is -0.791. The molecule has 0 amide bonds. The Balaban J connectivity index is 1.38. The first-order valence-electron chi connectivity index (χ1n) is 11.8. The third kappa shape index (κ3) is 5.91. The number of rotatable bonds is 8. The van der Waals surface area contributed by atoms with E-state index in [0.717, 1.165) is 24.3 Å². The van der Waals surface area contributed by atoms with Gasteiger partial charge in [-0.05, 0) is 84.6 Å². The molecule has 1 aliphatic carbocycles. The lowest BCUT2D eigenvalue weighted by Gasteiger charge is -2.28. The Morgan fingerprint density at radius 2 is 1.52 bits per heavy atom.